The van der Waals surface area contributed by atoms with Crippen molar-refractivity contribution in [3.05, 3.63) is 24.0 Å². The zero-order chi connectivity index (χ0) is 13.0. The van der Waals surface area contributed by atoms with Gasteiger partial charge in [-0.25, -0.2) is 0 Å². The number of pyridine rings is 1. The first-order valence-corrected chi connectivity index (χ1v) is 6.58. The maximum absolute atomic E-state index is 12.4. The monoisotopic (exact) mass is 248 g/mol. The fourth-order valence-electron chi connectivity index (χ4n) is 2.50. The van der Waals surface area contributed by atoms with Crippen LogP contribution >= 0.6 is 0 Å². The van der Waals surface area contributed by atoms with Crippen LogP contribution in [0.5, 0.6) is 5.75 Å². The van der Waals surface area contributed by atoms with Gasteiger partial charge in [-0.05, 0) is 32.3 Å². The van der Waals surface area contributed by atoms with E-state index < -0.39 is 0 Å². The number of nitrogens with zero attached hydrogens (tertiary/aromatic N) is 1. The van der Waals surface area contributed by atoms with Gasteiger partial charge in [-0.2, -0.15) is 0 Å². The summed E-state index contributed by atoms with van der Waals surface area (Å²) in [5, 5.41) is 0. The molecule has 1 aromatic rings. The molecule has 1 aromatic heterocycles. The molecule has 2 N–H and O–H groups in total. The van der Waals surface area contributed by atoms with E-state index in [4.69, 9.17) is 10.5 Å². The molecule has 1 aliphatic rings. The van der Waals surface area contributed by atoms with Crippen molar-refractivity contribution >= 4 is 5.78 Å². The second-order valence-corrected chi connectivity index (χ2v) is 4.83. The van der Waals surface area contributed by atoms with E-state index in [0.717, 1.165) is 25.7 Å². The van der Waals surface area contributed by atoms with E-state index in [1.807, 2.05) is 6.92 Å². The highest BCUT2D eigenvalue weighted by Crippen LogP contribution is 2.27. The topological polar surface area (TPSA) is 65.2 Å². The van der Waals surface area contributed by atoms with Gasteiger partial charge in [0.1, 0.15) is 5.75 Å². The van der Waals surface area contributed by atoms with Crippen LogP contribution in [0.3, 0.4) is 0 Å². The average Bonchev–Trinajstić information content (AvgIpc) is 2.39. The molecule has 2 atom stereocenters. The SMILES string of the molecule is CCOc1cncc(C(=O)C2CCCC(N)C2)c1. The van der Waals surface area contributed by atoms with Gasteiger partial charge >= 0.3 is 0 Å². The maximum Gasteiger partial charge on any atom is 0.167 e. The number of nitrogens with two attached hydrogens (primary N) is 1. The van der Waals surface area contributed by atoms with E-state index >= 15 is 0 Å². The van der Waals surface area contributed by atoms with Gasteiger partial charge in [-0.3, -0.25) is 9.78 Å². The third-order valence-corrected chi connectivity index (χ3v) is 3.39. The van der Waals surface area contributed by atoms with Crippen molar-refractivity contribution in [2.24, 2.45) is 11.7 Å². The van der Waals surface area contributed by atoms with Crippen molar-refractivity contribution in [2.75, 3.05) is 6.61 Å². The summed E-state index contributed by atoms with van der Waals surface area (Å²) in [4.78, 5) is 16.4. The highest BCUT2D eigenvalue weighted by Gasteiger charge is 2.26. The number of Topliss-reactive ketones (excluding diaryl/α,β-unsaturated/α-hetero) is 1. The van der Waals surface area contributed by atoms with E-state index in [-0.39, 0.29) is 17.7 Å². The smallest absolute Gasteiger partial charge is 0.167 e. The van der Waals surface area contributed by atoms with Gasteiger partial charge in [0, 0.05) is 23.7 Å². The lowest BCUT2D eigenvalue weighted by molar-refractivity contribution is 0.0880. The molecule has 1 saturated carbocycles. The van der Waals surface area contributed by atoms with Crippen molar-refractivity contribution in [3.63, 3.8) is 0 Å². The van der Waals surface area contributed by atoms with E-state index in [0.29, 0.717) is 17.9 Å². The maximum atomic E-state index is 12.4. The van der Waals surface area contributed by atoms with Crippen molar-refractivity contribution < 1.29 is 9.53 Å². The van der Waals surface area contributed by atoms with E-state index in [1.165, 1.54) is 0 Å². The number of ether oxygens (including phenoxy) is 1. The normalized spacial score (nSPS) is 23.7. The number of hydrogen-bond acceptors (Lipinski definition) is 4. The molecule has 1 heterocycles. The minimum absolute atomic E-state index is 0.0485. The zero-order valence-electron chi connectivity index (χ0n) is 10.8. The Morgan fingerprint density at radius 2 is 2.33 bits per heavy atom. The van der Waals surface area contributed by atoms with E-state index in [9.17, 15) is 4.79 Å². The largest absolute Gasteiger partial charge is 0.492 e. The molecule has 1 fully saturated rings. The van der Waals surface area contributed by atoms with Crippen LogP contribution in [0.15, 0.2) is 18.5 Å². The first-order valence-electron chi connectivity index (χ1n) is 6.58. The van der Waals surface area contributed by atoms with Crippen LogP contribution in [-0.4, -0.2) is 23.4 Å². The molecular formula is C14H20N2O2. The van der Waals surface area contributed by atoms with Gasteiger partial charge < -0.3 is 10.5 Å². The number of rotatable bonds is 4. The van der Waals surface area contributed by atoms with Crippen molar-refractivity contribution in [2.45, 2.75) is 38.6 Å². The molecule has 1 aliphatic carbocycles. The highest BCUT2D eigenvalue weighted by molar-refractivity contribution is 5.97. The third-order valence-electron chi connectivity index (χ3n) is 3.39. The summed E-state index contributed by atoms with van der Waals surface area (Å²) in [7, 11) is 0. The second kappa shape index (κ2) is 5.96. The van der Waals surface area contributed by atoms with Crippen LogP contribution in [-0.2, 0) is 0 Å². The minimum Gasteiger partial charge on any atom is -0.492 e. The van der Waals surface area contributed by atoms with Gasteiger partial charge in [-0.15, -0.1) is 0 Å². The van der Waals surface area contributed by atoms with Crippen molar-refractivity contribution in [1.29, 1.82) is 0 Å². The number of aromatic nitrogens is 1. The van der Waals surface area contributed by atoms with Crippen molar-refractivity contribution in [3.8, 4) is 5.75 Å². The Morgan fingerprint density at radius 3 is 3.06 bits per heavy atom. The fourth-order valence-corrected chi connectivity index (χ4v) is 2.50. The predicted molar refractivity (Wildman–Crippen MR) is 69.7 cm³/mol. The molecule has 0 aliphatic heterocycles. The lowest BCUT2D eigenvalue weighted by atomic mass is 9.82. The Bertz CT molecular complexity index is 420. The zero-order valence-corrected chi connectivity index (χ0v) is 10.8. The Morgan fingerprint density at radius 1 is 1.50 bits per heavy atom. The summed E-state index contributed by atoms with van der Waals surface area (Å²) < 4.78 is 5.37. The molecule has 0 radical (unpaired) electrons. The van der Waals surface area contributed by atoms with Gasteiger partial charge in [0.15, 0.2) is 5.78 Å². The van der Waals surface area contributed by atoms with Gasteiger partial charge in [0.05, 0.1) is 12.8 Å². The lowest BCUT2D eigenvalue weighted by Crippen LogP contribution is -2.31. The molecule has 0 amide bonds. The van der Waals surface area contributed by atoms with Crippen LogP contribution < -0.4 is 10.5 Å². The predicted octanol–water partition coefficient (Wildman–Crippen LogP) is 2.18. The summed E-state index contributed by atoms with van der Waals surface area (Å²) >= 11 is 0. The first kappa shape index (κ1) is 13.0. The lowest BCUT2D eigenvalue weighted by Gasteiger charge is -2.25. The molecule has 2 rings (SSSR count). The summed E-state index contributed by atoms with van der Waals surface area (Å²) in [5.41, 5.74) is 6.56. The molecule has 2 unspecified atom stereocenters. The number of carbonyl (C=O) groups excluding carboxylic acids is 1. The summed E-state index contributed by atoms with van der Waals surface area (Å²) in [5.74, 6) is 0.857. The van der Waals surface area contributed by atoms with Gasteiger partial charge in [0.2, 0.25) is 0 Å². The Labute approximate surface area is 108 Å². The number of carbonyl (C=O) groups is 1. The minimum atomic E-state index is 0.0485. The molecule has 0 spiro atoms. The number of ketones is 1. The van der Waals surface area contributed by atoms with Gasteiger partial charge in [0.25, 0.3) is 0 Å². The third kappa shape index (κ3) is 3.07. The van der Waals surface area contributed by atoms with Crippen LogP contribution in [0, 0.1) is 5.92 Å². The average molecular weight is 248 g/mol. The van der Waals surface area contributed by atoms with Crippen molar-refractivity contribution in [1.82, 2.24) is 4.98 Å². The molecular weight excluding hydrogens is 228 g/mol. The Balaban J connectivity index is 2.10. The Kier molecular flexibility index (Phi) is 4.31. The molecule has 0 bridgehead atoms. The molecule has 0 saturated heterocycles. The molecule has 18 heavy (non-hydrogen) atoms. The fraction of sp³-hybridized carbons (Fsp3) is 0.571. The van der Waals surface area contributed by atoms with Crippen LogP contribution in [0.25, 0.3) is 0 Å². The second-order valence-electron chi connectivity index (χ2n) is 4.83. The van der Waals surface area contributed by atoms with Crippen LogP contribution in [0.2, 0.25) is 0 Å². The number of hydrogen-bond donors (Lipinski definition) is 1. The molecule has 4 nitrogen and oxygen atoms in total. The standard InChI is InChI=1S/C14H20N2O2/c1-2-18-13-7-11(8-16-9-13)14(17)10-4-3-5-12(15)6-10/h7-10,12H,2-6,15H2,1H3. The summed E-state index contributed by atoms with van der Waals surface area (Å²) in [6.07, 6.45) is 7.04. The van der Waals surface area contributed by atoms with E-state index in [2.05, 4.69) is 4.98 Å². The summed E-state index contributed by atoms with van der Waals surface area (Å²) in [6, 6.07) is 1.94. The van der Waals surface area contributed by atoms with Crippen LogP contribution in [0.4, 0.5) is 0 Å². The Hall–Kier alpha value is -1.42. The molecule has 4 heteroatoms. The van der Waals surface area contributed by atoms with E-state index in [1.54, 1.807) is 18.5 Å². The molecule has 98 valence electrons. The van der Waals surface area contributed by atoms with Crippen LogP contribution in [0.1, 0.15) is 43.0 Å². The summed E-state index contributed by atoms with van der Waals surface area (Å²) in [6.45, 7) is 2.49. The molecule has 0 aromatic carbocycles. The first-order chi connectivity index (χ1) is 8.70. The quantitative estimate of drug-likeness (QED) is 0.829. The van der Waals surface area contributed by atoms with Gasteiger partial charge in [-0.1, -0.05) is 6.42 Å². The highest BCUT2D eigenvalue weighted by atomic mass is 16.5.